The van der Waals surface area contributed by atoms with Crippen LogP contribution in [0.4, 0.5) is 4.79 Å². The van der Waals surface area contributed by atoms with Gasteiger partial charge in [-0.2, -0.15) is 0 Å². The third kappa shape index (κ3) is 8.58. The van der Waals surface area contributed by atoms with Crippen molar-refractivity contribution in [1.29, 1.82) is 0 Å². The van der Waals surface area contributed by atoms with E-state index in [2.05, 4.69) is 10.6 Å². The number of nitrogens with one attached hydrogen (secondary N) is 2. The Labute approximate surface area is 212 Å². The Morgan fingerprint density at radius 3 is 1.86 bits per heavy atom. The van der Waals surface area contributed by atoms with Crippen molar-refractivity contribution < 1.29 is 19.1 Å². The van der Waals surface area contributed by atoms with Crippen molar-refractivity contribution >= 4 is 17.9 Å². The number of alkyl carbamates (subject to hydrolysis) is 1. The van der Waals surface area contributed by atoms with E-state index in [0.29, 0.717) is 19.4 Å². The lowest BCUT2D eigenvalue weighted by Crippen LogP contribution is -2.48. The third-order valence-electron chi connectivity index (χ3n) is 5.84. The Morgan fingerprint density at radius 2 is 1.31 bits per heavy atom. The Bertz CT molecular complexity index is 1050. The first-order valence-corrected chi connectivity index (χ1v) is 12.2. The molecule has 0 heterocycles. The van der Waals surface area contributed by atoms with Gasteiger partial charge in [0.15, 0.2) is 0 Å². The molecule has 0 saturated carbocycles. The molecule has 0 unspecified atom stereocenters. The van der Waals surface area contributed by atoms with Gasteiger partial charge < -0.3 is 21.1 Å². The average molecular weight is 488 g/mol. The summed E-state index contributed by atoms with van der Waals surface area (Å²) in [7, 11) is 0. The maximum Gasteiger partial charge on any atom is 0.407 e. The molecule has 0 aromatic heterocycles. The Hall–Kier alpha value is -4.13. The van der Waals surface area contributed by atoms with Gasteiger partial charge in [0.1, 0.15) is 12.6 Å². The lowest BCUT2D eigenvalue weighted by atomic mass is 9.84. The molecule has 0 bridgehead atoms. The SMILES string of the molecule is NC(=O)[C@H](NC(=O)CCCCCNC(=O)OCc1ccccc1)C(c1ccccc1)c1ccccc1. The fraction of sp³-hybridized carbons (Fsp3) is 0.276. The lowest BCUT2D eigenvalue weighted by Gasteiger charge is -2.27. The normalized spacial score (nSPS) is 11.5. The van der Waals surface area contributed by atoms with E-state index >= 15 is 0 Å². The predicted octanol–water partition coefficient (Wildman–Crippen LogP) is 4.28. The van der Waals surface area contributed by atoms with Crippen LogP contribution in [0.25, 0.3) is 0 Å². The van der Waals surface area contributed by atoms with E-state index in [-0.39, 0.29) is 24.9 Å². The second-order valence-electron chi connectivity index (χ2n) is 8.55. The Morgan fingerprint density at radius 1 is 0.750 bits per heavy atom. The molecule has 0 radical (unpaired) electrons. The van der Waals surface area contributed by atoms with Gasteiger partial charge in [0.05, 0.1) is 0 Å². The summed E-state index contributed by atoms with van der Waals surface area (Å²) in [4.78, 5) is 36.9. The zero-order valence-corrected chi connectivity index (χ0v) is 20.3. The van der Waals surface area contributed by atoms with E-state index in [1.165, 1.54) is 0 Å². The van der Waals surface area contributed by atoms with E-state index in [4.69, 9.17) is 10.5 Å². The standard InChI is InChI=1S/C29H33N3O4/c30-28(34)27(26(23-15-7-2-8-16-23)24-17-9-3-10-18-24)32-25(33)19-11-4-12-20-31-29(35)36-21-22-13-5-1-6-14-22/h1-3,5-10,13-18,26-27H,4,11-12,19-21H2,(H2,30,34)(H,31,35)(H,32,33)/t27-/m1/s1. The number of rotatable bonds is 13. The number of hydrogen-bond acceptors (Lipinski definition) is 4. The van der Waals surface area contributed by atoms with Crippen molar-refractivity contribution in [3.63, 3.8) is 0 Å². The topological polar surface area (TPSA) is 111 Å². The van der Waals surface area contributed by atoms with Crippen LogP contribution in [0.5, 0.6) is 0 Å². The fourth-order valence-corrected chi connectivity index (χ4v) is 4.01. The van der Waals surface area contributed by atoms with Crippen molar-refractivity contribution in [3.8, 4) is 0 Å². The molecule has 36 heavy (non-hydrogen) atoms. The van der Waals surface area contributed by atoms with Crippen LogP contribution in [-0.2, 0) is 20.9 Å². The molecule has 0 aliphatic heterocycles. The molecule has 3 rings (SSSR count). The molecule has 4 N–H and O–H groups in total. The van der Waals surface area contributed by atoms with Gasteiger partial charge in [0.2, 0.25) is 11.8 Å². The first-order chi connectivity index (χ1) is 17.5. The molecule has 3 aromatic rings. The molecule has 188 valence electrons. The lowest BCUT2D eigenvalue weighted by molar-refractivity contribution is -0.127. The predicted molar refractivity (Wildman–Crippen MR) is 139 cm³/mol. The molecule has 0 aliphatic carbocycles. The molecule has 7 heteroatoms. The van der Waals surface area contributed by atoms with Crippen molar-refractivity contribution in [3.05, 3.63) is 108 Å². The number of carbonyl (C=O) groups excluding carboxylic acids is 3. The van der Waals surface area contributed by atoms with Crippen molar-refractivity contribution in [2.45, 2.75) is 44.2 Å². The molecule has 0 aliphatic rings. The number of primary amides is 1. The molecular weight excluding hydrogens is 454 g/mol. The van der Waals surface area contributed by atoms with E-state index in [1.807, 2.05) is 91.0 Å². The smallest absolute Gasteiger partial charge is 0.407 e. The maximum absolute atomic E-state index is 12.7. The number of ether oxygens (including phenoxy) is 1. The van der Waals surface area contributed by atoms with Crippen LogP contribution in [-0.4, -0.2) is 30.5 Å². The van der Waals surface area contributed by atoms with Crippen LogP contribution in [0.2, 0.25) is 0 Å². The van der Waals surface area contributed by atoms with Crippen LogP contribution in [0.15, 0.2) is 91.0 Å². The first kappa shape index (κ1) is 26.5. The molecule has 3 amide bonds. The Balaban J connectivity index is 1.43. The highest BCUT2D eigenvalue weighted by Crippen LogP contribution is 2.28. The summed E-state index contributed by atoms with van der Waals surface area (Å²) in [5.41, 5.74) is 8.47. The Kier molecular flexibility index (Phi) is 10.5. The number of carbonyl (C=O) groups is 3. The van der Waals surface area contributed by atoms with Crippen LogP contribution in [0, 0.1) is 0 Å². The third-order valence-corrected chi connectivity index (χ3v) is 5.84. The molecule has 7 nitrogen and oxygen atoms in total. The maximum atomic E-state index is 12.7. The van der Waals surface area contributed by atoms with E-state index in [0.717, 1.165) is 23.1 Å². The van der Waals surface area contributed by atoms with E-state index in [9.17, 15) is 14.4 Å². The van der Waals surface area contributed by atoms with E-state index in [1.54, 1.807) is 0 Å². The van der Waals surface area contributed by atoms with Gasteiger partial charge >= 0.3 is 6.09 Å². The van der Waals surface area contributed by atoms with Crippen LogP contribution in [0.3, 0.4) is 0 Å². The minimum absolute atomic E-state index is 0.223. The molecule has 0 spiro atoms. The van der Waals surface area contributed by atoms with Crippen molar-refractivity contribution in [1.82, 2.24) is 10.6 Å². The summed E-state index contributed by atoms with van der Waals surface area (Å²) in [6, 6.07) is 27.7. The van der Waals surface area contributed by atoms with Crippen LogP contribution < -0.4 is 16.4 Å². The summed E-state index contributed by atoms with van der Waals surface area (Å²) < 4.78 is 5.18. The minimum atomic E-state index is -0.872. The number of benzene rings is 3. The summed E-state index contributed by atoms with van der Waals surface area (Å²) >= 11 is 0. The molecule has 0 saturated heterocycles. The molecule has 0 fully saturated rings. The average Bonchev–Trinajstić information content (AvgIpc) is 2.91. The number of unbranched alkanes of at least 4 members (excludes halogenated alkanes) is 2. The summed E-state index contributed by atoms with van der Waals surface area (Å²) in [6.45, 7) is 0.685. The second kappa shape index (κ2) is 14.3. The van der Waals surface area contributed by atoms with Gasteiger partial charge in [-0.05, 0) is 29.5 Å². The molecule has 3 aromatic carbocycles. The largest absolute Gasteiger partial charge is 0.445 e. The van der Waals surface area contributed by atoms with Gasteiger partial charge in [0, 0.05) is 18.9 Å². The van der Waals surface area contributed by atoms with Crippen molar-refractivity contribution in [2.24, 2.45) is 5.73 Å². The van der Waals surface area contributed by atoms with Gasteiger partial charge in [-0.3, -0.25) is 9.59 Å². The first-order valence-electron chi connectivity index (χ1n) is 12.2. The van der Waals surface area contributed by atoms with Gasteiger partial charge in [-0.25, -0.2) is 4.79 Å². The summed E-state index contributed by atoms with van der Waals surface area (Å²) in [5.74, 6) is -1.20. The van der Waals surface area contributed by atoms with Gasteiger partial charge in [-0.1, -0.05) is 97.4 Å². The molecule has 1 atom stereocenters. The van der Waals surface area contributed by atoms with Crippen LogP contribution >= 0.6 is 0 Å². The van der Waals surface area contributed by atoms with Gasteiger partial charge in [-0.15, -0.1) is 0 Å². The summed E-state index contributed by atoms with van der Waals surface area (Å²) in [5, 5.41) is 5.57. The highest BCUT2D eigenvalue weighted by molar-refractivity contribution is 5.88. The van der Waals surface area contributed by atoms with Gasteiger partial charge in [0.25, 0.3) is 0 Å². The highest BCUT2D eigenvalue weighted by atomic mass is 16.5. The fourth-order valence-electron chi connectivity index (χ4n) is 4.01. The van der Waals surface area contributed by atoms with Crippen molar-refractivity contribution in [2.75, 3.05) is 6.54 Å². The molecular formula is C29H33N3O4. The summed E-state index contributed by atoms with van der Waals surface area (Å²) in [6.07, 6.45) is 1.88. The minimum Gasteiger partial charge on any atom is -0.445 e. The monoisotopic (exact) mass is 487 g/mol. The quantitative estimate of drug-likeness (QED) is 0.313. The van der Waals surface area contributed by atoms with E-state index < -0.39 is 18.0 Å². The number of hydrogen-bond donors (Lipinski definition) is 3. The number of nitrogens with two attached hydrogens (primary N) is 1. The number of amides is 3. The van der Waals surface area contributed by atoms with Crippen LogP contribution in [0.1, 0.15) is 48.3 Å². The zero-order valence-electron chi connectivity index (χ0n) is 20.3. The zero-order chi connectivity index (χ0) is 25.6. The highest BCUT2D eigenvalue weighted by Gasteiger charge is 2.30. The second-order valence-corrected chi connectivity index (χ2v) is 8.55.